The van der Waals surface area contributed by atoms with E-state index in [9.17, 15) is 15.0 Å². The number of hydrogen-bond acceptors (Lipinski definition) is 5. The lowest BCUT2D eigenvalue weighted by Crippen LogP contribution is -2.11. The number of carbonyl (C=O) groups excluding carboxylic acids is 1. The highest BCUT2D eigenvalue weighted by Crippen LogP contribution is 2.00. The second kappa shape index (κ2) is 12.0. The van der Waals surface area contributed by atoms with Gasteiger partial charge in [-0.15, -0.1) is 12.3 Å². The number of nitrogens with two attached hydrogens (primary N) is 1. The van der Waals surface area contributed by atoms with Gasteiger partial charge in [-0.3, -0.25) is 4.79 Å². The van der Waals surface area contributed by atoms with Crippen molar-refractivity contribution in [1.82, 2.24) is 0 Å². The van der Waals surface area contributed by atoms with Crippen LogP contribution in [0, 0.1) is 24.2 Å². The van der Waals surface area contributed by atoms with Crippen molar-refractivity contribution in [3.05, 3.63) is 24.3 Å². The van der Waals surface area contributed by atoms with Crippen molar-refractivity contribution in [2.75, 3.05) is 0 Å². The van der Waals surface area contributed by atoms with Gasteiger partial charge in [-0.2, -0.15) is 5.90 Å². The normalized spacial score (nSPS) is 13.5. The molecular weight excluding hydrogens is 258 g/mol. The zero-order chi connectivity index (χ0) is 15.2. The van der Waals surface area contributed by atoms with Crippen molar-refractivity contribution in [3.63, 3.8) is 0 Å². The molecule has 0 spiro atoms. The van der Waals surface area contributed by atoms with Crippen LogP contribution in [0.1, 0.15) is 25.7 Å². The smallest absolute Gasteiger partial charge is 0.324 e. The van der Waals surface area contributed by atoms with Crippen molar-refractivity contribution in [2.24, 2.45) is 5.90 Å². The first-order valence-electron chi connectivity index (χ1n) is 6.13. The van der Waals surface area contributed by atoms with Gasteiger partial charge in [0.25, 0.3) is 0 Å². The van der Waals surface area contributed by atoms with E-state index in [0.29, 0.717) is 12.8 Å². The zero-order valence-corrected chi connectivity index (χ0v) is 11.2. The lowest BCUT2D eigenvalue weighted by molar-refractivity contribution is -0.144. The lowest BCUT2D eigenvalue weighted by Gasteiger charge is -2.01. The summed E-state index contributed by atoms with van der Waals surface area (Å²) in [6, 6.07) is 0. The van der Waals surface area contributed by atoms with Crippen molar-refractivity contribution >= 4 is 5.97 Å². The monoisotopic (exact) mass is 277 g/mol. The first kappa shape index (κ1) is 17.9. The highest BCUT2D eigenvalue weighted by atomic mass is 16.7. The summed E-state index contributed by atoms with van der Waals surface area (Å²) < 4.78 is 0. The molecule has 0 aromatic carbocycles. The quantitative estimate of drug-likeness (QED) is 0.356. The molecule has 0 saturated heterocycles. The Morgan fingerprint density at radius 3 is 2.80 bits per heavy atom. The van der Waals surface area contributed by atoms with E-state index in [2.05, 4.69) is 28.5 Å². The summed E-state index contributed by atoms with van der Waals surface area (Å²) in [6.45, 7) is 0. The molecule has 5 heteroatoms. The van der Waals surface area contributed by atoms with Gasteiger partial charge in [0.15, 0.2) is 0 Å². The van der Waals surface area contributed by atoms with E-state index in [4.69, 9.17) is 6.42 Å². The SMILES string of the molecule is C#CCC(O)C=CC=CC#CC(O)CCCC(=O)ON. The Kier molecular flexibility index (Phi) is 10.8. The summed E-state index contributed by atoms with van der Waals surface area (Å²) in [5.74, 6) is 11.7. The molecule has 0 rings (SSSR count). The van der Waals surface area contributed by atoms with Gasteiger partial charge in [-0.05, 0) is 18.9 Å². The maximum atomic E-state index is 10.7. The number of aliphatic hydroxyl groups excluding tert-OH is 2. The second-order valence-electron chi connectivity index (χ2n) is 3.91. The molecule has 0 radical (unpaired) electrons. The molecule has 0 aliphatic heterocycles. The fourth-order valence-corrected chi connectivity index (χ4v) is 1.20. The van der Waals surface area contributed by atoms with Crippen molar-refractivity contribution in [1.29, 1.82) is 0 Å². The number of allylic oxidation sites excluding steroid dienone is 3. The van der Waals surface area contributed by atoms with Crippen LogP contribution in [0.5, 0.6) is 0 Å². The largest absolute Gasteiger partial charge is 0.388 e. The van der Waals surface area contributed by atoms with Crippen LogP contribution in [0.4, 0.5) is 0 Å². The van der Waals surface area contributed by atoms with Gasteiger partial charge < -0.3 is 15.1 Å². The molecular formula is C15H19NO4. The zero-order valence-electron chi connectivity index (χ0n) is 11.2. The third-order valence-corrected chi connectivity index (χ3v) is 2.19. The Morgan fingerprint density at radius 1 is 1.40 bits per heavy atom. The topological polar surface area (TPSA) is 92.8 Å². The highest BCUT2D eigenvalue weighted by Gasteiger charge is 2.03. The van der Waals surface area contributed by atoms with E-state index in [1.54, 1.807) is 18.2 Å². The van der Waals surface area contributed by atoms with Gasteiger partial charge in [-0.1, -0.05) is 30.1 Å². The fourth-order valence-electron chi connectivity index (χ4n) is 1.20. The van der Waals surface area contributed by atoms with Gasteiger partial charge in [0, 0.05) is 12.8 Å². The fraction of sp³-hybridized carbons (Fsp3) is 0.400. The van der Waals surface area contributed by atoms with E-state index < -0.39 is 18.2 Å². The summed E-state index contributed by atoms with van der Waals surface area (Å²) in [5, 5.41) is 18.7. The minimum Gasteiger partial charge on any atom is -0.388 e. The number of aliphatic hydroxyl groups is 2. The van der Waals surface area contributed by atoms with E-state index in [0.717, 1.165) is 0 Å². The molecule has 0 saturated carbocycles. The molecule has 0 aromatic rings. The highest BCUT2D eigenvalue weighted by molar-refractivity contribution is 5.68. The molecule has 20 heavy (non-hydrogen) atoms. The summed E-state index contributed by atoms with van der Waals surface area (Å²) >= 11 is 0. The average molecular weight is 277 g/mol. The third kappa shape index (κ3) is 11.1. The standard InChI is InChI=1S/C15H19NO4/c1-2-8-13(17)9-5-3-4-6-10-14(18)11-7-12-15(19)20-16/h1,3-5,9,13-14,17-18H,7-8,11-12,16H2. The van der Waals surface area contributed by atoms with Crippen LogP contribution in [0.15, 0.2) is 24.3 Å². The predicted octanol–water partition coefficient (Wildman–Crippen LogP) is 0.434. The number of hydrogen-bond donors (Lipinski definition) is 3. The van der Waals surface area contributed by atoms with E-state index >= 15 is 0 Å². The number of carbonyl (C=O) groups is 1. The Morgan fingerprint density at radius 2 is 2.15 bits per heavy atom. The minimum atomic E-state index is -0.804. The lowest BCUT2D eigenvalue weighted by atomic mass is 10.1. The van der Waals surface area contributed by atoms with E-state index in [-0.39, 0.29) is 12.8 Å². The third-order valence-electron chi connectivity index (χ3n) is 2.19. The van der Waals surface area contributed by atoms with Gasteiger partial charge >= 0.3 is 5.97 Å². The number of rotatable bonds is 7. The van der Waals surface area contributed by atoms with Crippen molar-refractivity contribution < 1.29 is 19.8 Å². The molecule has 2 atom stereocenters. The van der Waals surface area contributed by atoms with Crippen LogP contribution in [-0.2, 0) is 9.63 Å². The maximum absolute atomic E-state index is 10.7. The van der Waals surface area contributed by atoms with Crippen LogP contribution in [0.2, 0.25) is 0 Å². The molecule has 0 bridgehead atoms. The summed E-state index contributed by atoms with van der Waals surface area (Å²) in [6.07, 6.45) is 11.1. The molecule has 5 nitrogen and oxygen atoms in total. The summed E-state index contributed by atoms with van der Waals surface area (Å²) in [5.41, 5.74) is 0. The average Bonchev–Trinajstić information content (AvgIpc) is 2.42. The molecule has 0 aromatic heterocycles. The Labute approximate surface area is 119 Å². The predicted molar refractivity (Wildman–Crippen MR) is 75.7 cm³/mol. The molecule has 0 fully saturated rings. The molecule has 2 unspecified atom stereocenters. The molecule has 0 aliphatic rings. The molecule has 0 heterocycles. The first-order valence-corrected chi connectivity index (χ1v) is 6.13. The van der Waals surface area contributed by atoms with Gasteiger partial charge in [0.05, 0.1) is 6.10 Å². The minimum absolute atomic E-state index is 0.154. The van der Waals surface area contributed by atoms with Crippen LogP contribution in [0.3, 0.4) is 0 Å². The van der Waals surface area contributed by atoms with Crippen LogP contribution >= 0.6 is 0 Å². The second-order valence-corrected chi connectivity index (χ2v) is 3.91. The van der Waals surface area contributed by atoms with Gasteiger partial charge in [-0.25, -0.2) is 0 Å². The van der Waals surface area contributed by atoms with Crippen LogP contribution < -0.4 is 5.90 Å². The van der Waals surface area contributed by atoms with E-state index in [1.807, 2.05) is 0 Å². The molecule has 4 N–H and O–H groups in total. The van der Waals surface area contributed by atoms with Crippen molar-refractivity contribution in [2.45, 2.75) is 37.9 Å². The van der Waals surface area contributed by atoms with E-state index in [1.165, 1.54) is 6.08 Å². The van der Waals surface area contributed by atoms with Crippen molar-refractivity contribution in [3.8, 4) is 24.2 Å². The Balaban J connectivity index is 3.90. The molecule has 108 valence electrons. The van der Waals surface area contributed by atoms with Gasteiger partial charge in [0.1, 0.15) is 6.10 Å². The molecule has 0 amide bonds. The Bertz CT molecular complexity index is 437. The number of terminal acetylenes is 1. The molecule has 0 aliphatic carbocycles. The maximum Gasteiger partial charge on any atom is 0.324 e. The van der Waals surface area contributed by atoms with Gasteiger partial charge in [0.2, 0.25) is 0 Å². The summed E-state index contributed by atoms with van der Waals surface area (Å²) in [7, 11) is 0. The van der Waals surface area contributed by atoms with Crippen LogP contribution in [-0.4, -0.2) is 28.4 Å². The summed E-state index contributed by atoms with van der Waals surface area (Å²) in [4.78, 5) is 14.7. The van der Waals surface area contributed by atoms with Crippen LogP contribution in [0.25, 0.3) is 0 Å². The Hall–Kier alpha value is -2.05. The first-order chi connectivity index (χ1) is 9.60.